The van der Waals surface area contributed by atoms with E-state index in [-0.39, 0.29) is 28.6 Å². The molecule has 2 N–H and O–H groups in total. The molecule has 4 rings (SSSR count). The van der Waals surface area contributed by atoms with Gasteiger partial charge in [-0.1, -0.05) is 38.0 Å². The molecule has 3 aromatic carbocycles. The van der Waals surface area contributed by atoms with Gasteiger partial charge in [0, 0.05) is 23.8 Å². The van der Waals surface area contributed by atoms with Crippen LogP contribution in [0.1, 0.15) is 53.6 Å². The number of nitrogens with zero attached hydrogens (tertiary/aromatic N) is 2. The smallest absolute Gasteiger partial charge is 0.343 e. The summed E-state index contributed by atoms with van der Waals surface area (Å²) in [6.07, 6.45) is 3.18. The summed E-state index contributed by atoms with van der Waals surface area (Å²) < 4.78 is 16.9. The number of nitriles is 1. The minimum atomic E-state index is -0.678. The van der Waals surface area contributed by atoms with Gasteiger partial charge in [-0.15, -0.1) is 0 Å². The van der Waals surface area contributed by atoms with Crippen LogP contribution >= 0.6 is 0 Å². The maximum Gasteiger partial charge on any atom is 0.343 e. The molecule has 188 valence electrons. The molecule has 0 saturated carbocycles. The zero-order chi connectivity index (χ0) is 26.4. The molecule has 0 spiro atoms. The van der Waals surface area contributed by atoms with E-state index in [1.165, 1.54) is 18.2 Å². The number of non-ortho nitro benzene ring substituents is 1. The quantitative estimate of drug-likeness (QED) is 0.132. The van der Waals surface area contributed by atoms with Crippen LogP contribution in [-0.4, -0.2) is 17.5 Å². The van der Waals surface area contributed by atoms with E-state index >= 15 is 0 Å². The van der Waals surface area contributed by atoms with Crippen molar-refractivity contribution in [2.75, 3.05) is 6.61 Å². The Labute approximate surface area is 213 Å². The van der Waals surface area contributed by atoms with Gasteiger partial charge in [-0.25, -0.2) is 4.79 Å². The molecule has 0 fully saturated rings. The van der Waals surface area contributed by atoms with E-state index in [0.29, 0.717) is 29.0 Å². The van der Waals surface area contributed by atoms with Gasteiger partial charge < -0.3 is 19.9 Å². The van der Waals surface area contributed by atoms with Crippen LogP contribution in [0, 0.1) is 21.4 Å². The molecule has 1 aliphatic rings. The number of esters is 1. The van der Waals surface area contributed by atoms with Gasteiger partial charge in [0.25, 0.3) is 5.69 Å². The second-order valence-corrected chi connectivity index (χ2v) is 8.45. The van der Waals surface area contributed by atoms with E-state index in [4.69, 9.17) is 19.9 Å². The number of benzene rings is 3. The Kier molecular flexibility index (Phi) is 7.69. The normalized spacial score (nSPS) is 14.2. The summed E-state index contributed by atoms with van der Waals surface area (Å²) in [4.78, 5) is 23.5. The number of allylic oxidation sites excluding steroid dienone is 1. The van der Waals surface area contributed by atoms with Crippen LogP contribution < -0.4 is 19.9 Å². The van der Waals surface area contributed by atoms with Gasteiger partial charge >= 0.3 is 5.97 Å². The molecular formula is C28H25N3O6. The fourth-order valence-corrected chi connectivity index (χ4v) is 4.06. The molecule has 1 heterocycles. The third kappa shape index (κ3) is 5.70. The van der Waals surface area contributed by atoms with Crippen molar-refractivity contribution in [1.29, 1.82) is 5.26 Å². The second-order valence-electron chi connectivity index (χ2n) is 8.45. The standard InChI is InChI=1S/C28H25N3O6/c1-2-3-4-14-35-21-10-8-18(9-11-21)28(32)36-22-12-13-23-25(16-22)37-27(30)24(17-29)26(23)19-6-5-7-20(15-19)31(33)34/h5-13,15-16,26H,2-4,14,30H2,1H3. The molecule has 0 bridgehead atoms. The van der Waals surface area contributed by atoms with Gasteiger partial charge in [0.2, 0.25) is 5.88 Å². The zero-order valence-corrected chi connectivity index (χ0v) is 20.2. The van der Waals surface area contributed by atoms with E-state index in [2.05, 4.69) is 6.92 Å². The lowest BCUT2D eigenvalue weighted by Gasteiger charge is -2.26. The second kappa shape index (κ2) is 11.3. The third-order valence-corrected chi connectivity index (χ3v) is 5.92. The minimum absolute atomic E-state index is 0.107. The highest BCUT2D eigenvalue weighted by Gasteiger charge is 2.32. The van der Waals surface area contributed by atoms with Gasteiger partial charge in [-0.05, 0) is 42.3 Å². The highest BCUT2D eigenvalue weighted by molar-refractivity contribution is 5.91. The van der Waals surface area contributed by atoms with Crippen molar-refractivity contribution >= 4 is 11.7 Å². The van der Waals surface area contributed by atoms with Gasteiger partial charge in [-0.3, -0.25) is 10.1 Å². The van der Waals surface area contributed by atoms with E-state index in [0.717, 1.165) is 19.3 Å². The molecule has 1 aliphatic heterocycles. The number of nitro groups is 1. The van der Waals surface area contributed by atoms with Crippen molar-refractivity contribution in [3.8, 4) is 23.3 Å². The maximum absolute atomic E-state index is 12.7. The summed E-state index contributed by atoms with van der Waals surface area (Å²) >= 11 is 0. The minimum Gasteiger partial charge on any atom is -0.494 e. The van der Waals surface area contributed by atoms with Gasteiger partial charge in [0.05, 0.1) is 23.0 Å². The lowest BCUT2D eigenvalue weighted by Crippen LogP contribution is -2.21. The predicted molar refractivity (Wildman–Crippen MR) is 135 cm³/mol. The number of fused-ring (bicyclic) bond motifs is 1. The number of carbonyl (C=O) groups is 1. The van der Waals surface area contributed by atoms with Crippen molar-refractivity contribution in [3.05, 3.63) is 105 Å². The van der Waals surface area contributed by atoms with Crippen molar-refractivity contribution in [3.63, 3.8) is 0 Å². The Bertz CT molecular complexity index is 1390. The monoisotopic (exact) mass is 499 g/mol. The summed E-state index contributed by atoms with van der Waals surface area (Å²) in [5.74, 6) is -0.182. The molecule has 0 amide bonds. The summed E-state index contributed by atoms with van der Waals surface area (Å²) in [6.45, 7) is 2.75. The number of unbranched alkanes of at least 4 members (excludes halogenated alkanes) is 2. The fraction of sp³-hybridized carbons (Fsp3) is 0.214. The Balaban J connectivity index is 1.54. The van der Waals surface area contributed by atoms with E-state index in [1.807, 2.05) is 6.07 Å². The first-order valence-electron chi connectivity index (χ1n) is 11.8. The molecule has 1 unspecified atom stereocenters. The first-order chi connectivity index (χ1) is 17.9. The van der Waals surface area contributed by atoms with Crippen molar-refractivity contribution in [1.82, 2.24) is 0 Å². The molecule has 1 atom stereocenters. The summed E-state index contributed by atoms with van der Waals surface area (Å²) in [7, 11) is 0. The highest BCUT2D eigenvalue weighted by Crippen LogP contribution is 2.44. The molecule has 0 radical (unpaired) electrons. The molecule has 37 heavy (non-hydrogen) atoms. The Morgan fingerprint density at radius 1 is 1.11 bits per heavy atom. The predicted octanol–water partition coefficient (Wildman–Crippen LogP) is 5.60. The molecule has 9 nitrogen and oxygen atoms in total. The van der Waals surface area contributed by atoms with E-state index in [1.54, 1.807) is 48.5 Å². The average molecular weight is 500 g/mol. The maximum atomic E-state index is 12.7. The molecule has 0 saturated heterocycles. The largest absolute Gasteiger partial charge is 0.494 e. The Hall–Kier alpha value is -4.84. The van der Waals surface area contributed by atoms with Gasteiger partial charge in [0.1, 0.15) is 28.9 Å². The zero-order valence-electron chi connectivity index (χ0n) is 20.2. The first-order valence-corrected chi connectivity index (χ1v) is 11.8. The van der Waals surface area contributed by atoms with Crippen LogP contribution in [0.2, 0.25) is 0 Å². The molecule has 0 aliphatic carbocycles. The first kappa shape index (κ1) is 25.3. The number of nitrogens with two attached hydrogens (primary N) is 1. The van der Waals surface area contributed by atoms with Crippen LogP contribution in [0.15, 0.2) is 78.2 Å². The summed E-state index contributed by atoms with van der Waals surface area (Å²) in [6, 6.07) is 19.5. The topological polar surface area (TPSA) is 138 Å². The lowest BCUT2D eigenvalue weighted by molar-refractivity contribution is -0.384. The third-order valence-electron chi connectivity index (χ3n) is 5.92. The Morgan fingerprint density at radius 3 is 2.57 bits per heavy atom. The summed E-state index contributed by atoms with van der Waals surface area (Å²) in [5, 5.41) is 21.0. The van der Waals surface area contributed by atoms with Crippen LogP contribution in [0.5, 0.6) is 17.2 Å². The number of rotatable bonds is 9. The van der Waals surface area contributed by atoms with Gasteiger partial charge in [0.15, 0.2) is 0 Å². The average Bonchev–Trinajstić information content (AvgIpc) is 2.90. The molecule has 9 heteroatoms. The molecule has 0 aromatic heterocycles. The van der Waals surface area contributed by atoms with Crippen molar-refractivity contribution < 1.29 is 23.9 Å². The van der Waals surface area contributed by atoms with Crippen LogP contribution in [0.3, 0.4) is 0 Å². The SMILES string of the molecule is CCCCCOc1ccc(C(=O)Oc2ccc3c(c2)OC(N)=C(C#N)C3c2cccc([N+](=O)[O-])c2)cc1. The number of nitro benzene ring substituents is 1. The number of carbonyl (C=O) groups excluding carboxylic acids is 1. The highest BCUT2D eigenvalue weighted by atomic mass is 16.6. The van der Waals surface area contributed by atoms with E-state index in [9.17, 15) is 20.2 Å². The number of ether oxygens (including phenoxy) is 3. The Morgan fingerprint density at radius 2 is 1.86 bits per heavy atom. The van der Waals surface area contributed by atoms with Crippen LogP contribution in [0.25, 0.3) is 0 Å². The van der Waals surface area contributed by atoms with Crippen molar-refractivity contribution in [2.24, 2.45) is 5.73 Å². The number of hydrogen-bond donors (Lipinski definition) is 1. The van der Waals surface area contributed by atoms with E-state index < -0.39 is 16.8 Å². The van der Waals surface area contributed by atoms with Crippen molar-refractivity contribution in [2.45, 2.75) is 32.1 Å². The van der Waals surface area contributed by atoms with Gasteiger partial charge in [-0.2, -0.15) is 5.26 Å². The summed E-state index contributed by atoms with van der Waals surface area (Å²) in [5.41, 5.74) is 7.47. The molecule has 3 aromatic rings. The fourth-order valence-electron chi connectivity index (χ4n) is 4.06. The van der Waals surface area contributed by atoms with Crippen LogP contribution in [-0.2, 0) is 0 Å². The molecular weight excluding hydrogens is 474 g/mol. The lowest BCUT2D eigenvalue weighted by atomic mass is 9.83. The van der Waals surface area contributed by atoms with Crippen LogP contribution in [0.4, 0.5) is 5.69 Å². The number of hydrogen-bond acceptors (Lipinski definition) is 8.